The molecule has 1 atom stereocenters. The molecule has 0 nitrogen and oxygen atoms in total. The highest BCUT2D eigenvalue weighted by Crippen LogP contribution is 2.17. The van der Waals surface area contributed by atoms with E-state index in [1.807, 2.05) is 11.8 Å². The summed E-state index contributed by atoms with van der Waals surface area (Å²) in [5, 5.41) is 0. The normalized spacial score (nSPS) is 13.9. The van der Waals surface area contributed by atoms with E-state index in [1.165, 1.54) is 12.2 Å². The van der Waals surface area contributed by atoms with Crippen molar-refractivity contribution in [2.75, 3.05) is 5.75 Å². The lowest BCUT2D eigenvalue weighted by atomic mass is 10.6. The number of hydrogen-bond donors (Lipinski definition) is 0. The maximum atomic E-state index is 5.07. The van der Waals surface area contributed by atoms with Crippen molar-refractivity contribution in [3.8, 4) is 0 Å². The van der Waals surface area contributed by atoms with Crippen LogP contribution in [0.1, 0.15) is 26.7 Å². The lowest BCUT2D eigenvalue weighted by Gasteiger charge is -2.02. The van der Waals surface area contributed by atoms with E-state index >= 15 is 0 Å². The molecule has 0 aromatic carbocycles. The Labute approximate surface area is 61.8 Å². The second kappa shape index (κ2) is 5.83. The molecule has 0 spiro atoms. The first kappa shape index (κ1) is 8.70. The smallest absolute Gasteiger partial charge is 0.0603 e. The highest BCUT2D eigenvalue weighted by Gasteiger charge is 1.96. The fourth-order valence-electron chi connectivity index (χ4n) is 0.367. The van der Waals surface area contributed by atoms with Gasteiger partial charge < -0.3 is 0 Å². The standard InChI is InChI=1S/C6H13S2/c1-3-5-8-6(7)4-2/h6H,3-5H2,1-2H3. The van der Waals surface area contributed by atoms with E-state index in [9.17, 15) is 0 Å². The van der Waals surface area contributed by atoms with Crippen LogP contribution < -0.4 is 0 Å². The zero-order valence-corrected chi connectivity index (χ0v) is 7.15. The summed E-state index contributed by atoms with van der Waals surface area (Å²) in [5.74, 6) is 1.22. The van der Waals surface area contributed by atoms with Crippen molar-refractivity contribution in [1.82, 2.24) is 0 Å². The first-order valence-electron chi connectivity index (χ1n) is 3.08. The molecule has 0 N–H and O–H groups in total. The largest absolute Gasteiger partial charge is 0.147 e. The van der Waals surface area contributed by atoms with Gasteiger partial charge in [0.05, 0.1) is 4.58 Å². The molecule has 1 radical (unpaired) electrons. The van der Waals surface area contributed by atoms with Gasteiger partial charge in [-0.25, -0.2) is 0 Å². The van der Waals surface area contributed by atoms with Crippen LogP contribution in [-0.4, -0.2) is 10.3 Å². The summed E-state index contributed by atoms with van der Waals surface area (Å²) in [6, 6.07) is 0. The average molecular weight is 149 g/mol. The van der Waals surface area contributed by atoms with E-state index in [0.29, 0.717) is 4.58 Å². The third kappa shape index (κ3) is 4.85. The molecule has 0 aromatic rings. The van der Waals surface area contributed by atoms with Crippen molar-refractivity contribution < 1.29 is 0 Å². The summed E-state index contributed by atoms with van der Waals surface area (Å²) >= 11 is 6.96. The Hall–Kier alpha value is 0.700. The number of thioether (sulfide) groups is 1. The Balaban J connectivity index is 2.86. The van der Waals surface area contributed by atoms with Gasteiger partial charge in [0, 0.05) is 0 Å². The molecule has 0 saturated heterocycles. The summed E-state index contributed by atoms with van der Waals surface area (Å²) in [5.41, 5.74) is 0. The predicted octanol–water partition coefficient (Wildman–Crippen LogP) is 3.06. The van der Waals surface area contributed by atoms with Crippen molar-refractivity contribution in [3.05, 3.63) is 0 Å². The third-order valence-electron chi connectivity index (χ3n) is 0.841. The highest BCUT2D eigenvalue weighted by molar-refractivity contribution is 8.10. The second-order valence-corrected chi connectivity index (χ2v) is 3.89. The summed E-state index contributed by atoms with van der Waals surface area (Å²) in [6.07, 6.45) is 2.37. The van der Waals surface area contributed by atoms with Crippen LogP contribution >= 0.6 is 24.4 Å². The van der Waals surface area contributed by atoms with Crippen molar-refractivity contribution in [3.63, 3.8) is 0 Å². The van der Waals surface area contributed by atoms with Crippen LogP contribution in [0, 0.1) is 0 Å². The summed E-state index contributed by atoms with van der Waals surface area (Å²) in [7, 11) is 0. The summed E-state index contributed by atoms with van der Waals surface area (Å²) in [6.45, 7) is 4.32. The van der Waals surface area contributed by atoms with Gasteiger partial charge in [0.15, 0.2) is 0 Å². The van der Waals surface area contributed by atoms with E-state index in [1.54, 1.807) is 0 Å². The summed E-state index contributed by atoms with van der Waals surface area (Å²) < 4.78 is 0.454. The van der Waals surface area contributed by atoms with E-state index in [0.717, 1.165) is 6.42 Å². The molecular formula is C6H13S2. The topological polar surface area (TPSA) is 0 Å². The van der Waals surface area contributed by atoms with Gasteiger partial charge in [0.1, 0.15) is 0 Å². The van der Waals surface area contributed by atoms with E-state index < -0.39 is 0 Å². The van der Waals surface area contributed by atoms with Gasteiger partial charge in [0.25, 0.3) is 0 Å². The van der Waals surface area contributed by atoms with Crippen molar-refractivity contribution in [2.24, 2.45) is 0 Å². The molecule has 0 rings (SSSR count). The molecule has 0 bridgehead atoms. The first-order valence-corrected chi connectivity index (χ1v) is 4.60. The zero-order valence-electron chi connectivity index (χ0n) is 5.52. The van der Waals surface area contributed by atoms with Crippen LogP contribution in [0.3, 0.4) is 0 Å². The number of hydrogen-bond acceptors (Lipinski definition) is 1. The average Bonchev–Trinajstić information content (AvgIpc) is 1.83. The minimum atomic E-state index is 0.454. The molecule has 0 amide bonds. The monoisotopic (exact) mass is 149 g/mol. The molecule has 2 heteroatoms. The fourth-order valence-corrected chi connectivity index (χ4v) is 1.39. The summed E-state index contributed by atoms with van der Waals surface area (Å²) in [4.78, 5) is 0. The van der Waals surface area contributed by atoms with Crippen LogP contribution in [-0.2, 0) is 0 Å². The quantitative estimate of drug-likeness (QED) is 0.592. The second-order valence-electron chi connectivity index (χ2n) is 1.71. The Morgan fingerprint density at radius 1 is 1.50 bits per heavy atom. The fraction of sp³-hybridized carbons (Fsp3) is 1.00. The maximum absolute atomic E-state index is 5.07. The van der Waals surface area contributed by atoms with Crippen LogP contribution in [0.5, 0.6) is 0 Å². The van der Waals surface area contributed by atoms with Crippen LogP contribution in [0.15, 0.2) is 0 Å². The molecule has 0 saturated carbocycles. The molecular weight excluding hydrogens is 136 g/mol. The van der Waals surface area contributed by atoms with E-state index in [2.05, 4.69) is 13.8 Å². The lowest BCUT2D eigenvalue weighted by molar-refractivity contribution is 1.04. The molecule has 0 aliphatic carbocycles. The molecule has 0 heterocycles. The van der Waals surface area contributed by atoms with Crippen molar-refractivity contribution in [2.45, 2.75) is 31.3 Å². The Morgan fingerprint density at radius 2 is 2.12 bits per heavy atom. The van der Waals surface area contributed by atoms with E-state index in [-0.39, 0.29) is 0 Å². The Morgan fingerprint density at radius 3 is 2.50 bits per heavy atom. The Kier molecular flexibility index (Phi) is 6.34. The Bertz CT molecular complexity index is 45.8. The van der Waals surface area contributed by atoms with Gasteiger partial charge in [-0.1, -0.05) is 26.5 Å². The third-order valence-corrected chi connectivity index (χ3v) is 2.93. The van der Waals surface area contributed by atoms with Crippen molar-refractivity contribution in [1.29, 1.82) is 0 Å². The van der Waals surface area contributed by atoms with Gasteiger partial charge in [-0.3, -0.25) is 0 Å². The number of rotatable bonds is 4. The minimum absolute atomic E-state index is 0.454. The van der Waals surface area contributed by atoms with Gasteiger partial charge in [-0.2, -0.15) is 0 Å². The molecule has 8 heavy (non-hydrogen) atoms. The van der Waals surface area contributed by atoms with Crippen LogP contribution in [0.25, 0.3) is 0 Å². The van der Waals surface area contributed by atoms with Crippen molar-refractivity contribution >= 4 is 24.4 Å². The SMILES string of the molecule is CCCSC([S])CC. The van der Waals surface area contributed by atoms with Gasteiger partial charge >= 0.3 is 0 Å². The molecule has 0 aliphatic heterocycles. The van der Waals surface area contributed by atoms with Crippen LogP contribution in [0.4, 0.5) is 0 Å². The maximum Gasteiger partial charge on any atom is 0.0603 e. The molecule has 49 valence electrons. The highest BCUT2D eigenvalue weighted by atomic mass is 32.2. The molecule has 0 aromatic heterocycles. The van der Waals surface area contributed by atoms with Crippen LogP contribution in [0.2, 0.25) is 0 Å². The molecule has 0 aliphatic rings. The lowest BCUT2D eigenvalue weighted by Crippen LogP contribution is -1.89. The first-order chi connectivity index (χ1) is 3.81. The van der Waals surface area contributed by atoms with E-state index in [4.69, 9.17) is 12.6 Å². The zero-order chi connectivity index (χ0) is 6.41. The molecule has 1 unspecified atom stereocenters. The van der Waals surface area contributed by atoms with Gasteiger partial charge in [-0.05, 0) is 18.6 Å². The van der Waals surface area contributed by atoms with Gasteiger partial charge in [-0.15, -0.1) is 11.8 Å². The van der Waals surface area contributed by atoms with Gasteiger partial charge in [0.2, 0.25) is 0 Å². The molecule has 0 fully saturated rings. The minimum Gasteiger partial charge on any atom is -0.147 e. The predicted molar refractivity (Wildman–Crippen MR) is 44.4 cm³/mol.